The minimum Gasteiger partial charge on any atom is -0.375 e. The summed E-state index contributed by atoms with van der Waals surface area (Å²) >= 11 is 0. The number of urea groups is 1. The zero-order valence-corrected chi connectivity index (χ0v) is 13.6. The second kappa shape index (κ2) is 6.98. The van der Waals surface area contributed by atoms with E-state index in [0.29, 0.717) is 6.54 Å². The maximum absolute atomic E-state index is 12.2. The molecular weight excluding hydrogens is 278 g/mol. The van der Waals surface area contributed by atoms with E-state index in [1.54, 1.807) is 22.8 Å². The van der Waals surface area contributed by atoms with Crippen molar-refractivity contribution in [2.24, 2.45) is 7.05 Å². The molecule has 0 saturated carbocycles. The quantitative estimate of drug-likeness (QED) is 0.923. The molecule has 2 aromatic rings. The van der Waals surface area contributed by atoms with Gasteiger partial charge in [0.2, 0.25) is 0 Å². The van der Waals surface area contributed by atoms with Crippen LogP contribution in [-0.4, -0.2) is 41.4 Å². The summed E-state index contributed by atoms with van der Waals surface area (Å²) in [6, 6.07) is 7.69. The molecule has 1 heterocycles. The number of hydrogen-bond donors (Lipinski definition) is 1. The van der Waals surface area contributed by atoms with Crippen molar-refractivity contribution < 1.29 is 4.79 Å². The van der Waals surface area contributed by atoms with Gasteiger partial charge >= 0.3 is 6.03 Å². The number of aromatic nitrogens is 2. The van der Waals surface area contributed by atoms with Gasteiger partial charge in [0.15, 0.2) is 0 Å². The monoisotopic (exact) mass is 301 g/mol. The summed E-state index contributed by atoms with van der Waals surface area (Å²) in [6.45, 7) is 3.53. The van der Waals surface area contributed by atoms with Crippen molar-refractivity contribution in [3.05, 3.63) is 42.2 Å². The number of hydrogen-bond acceptors (Lipinski definition) is 3. The van der Waals surface area contributed by atoms with E-state index in [9.17, 15) is 4.79 Å². The molecule has 6 heteroatoms. The van der Waals surface area contributed by atoms with E-state index >= 15 is 0 Å². The topological polar surface area (TPSA) is 53.4 Å². The van der Waals surface area contributed by atoms with Gasteiger partial charge in [-0.05, 0) is 25.1 Å². The molecule has 0 bridgehead atoms. The summed E-state index contributed by atoms with van der Waals surface area (Å²) in [5.74, 6) is 0. The minimum atomic E-state index is -0.139. The Morgan fingerprint density at radius 2 is 2.14 bits per heavy atom. The fraction of sp³-hybridized carbons (Fsp3) is 0.375. The first kappa shape index (κ1) is 15.9. The number of benzene rings is 1. The van der Waals surface area contributed by atoms with Gasteiger partial charge in [-0.15, -0.1) is 0 Å². The highest BCUT2D eigenvalue weighted by Gasteiger charge is 2.11. The van der Waals surface area contributed by atoms with Crippen molar-refractivity contribution in [2.45, 2.75) is 13.5 Å². The number of anilines is 2. The van der Waals surface area contributed by atoms with Crippen LogP contribution in [0.5, 0.6) is 0 Å². The van der Waals surface area contributed by atoms with Crippen LogP contribution in [0, 0.1) is 0 Å². The SMILES string of the molecule is CCN(C)c1cccc(NC(=O)N(C)Cc2cnn(C)c2)c1. The number of amides is 2. The lowest BCUT2D eigenvalue weighted by Crippen LogP contribution is -2.30. The summed E-state index contributed by atoms with van der Waals surface area (Å²) in [5.41, 5.74) is 2.87. The smallest absolute Gasteiger partial charge is 0.321 e. The number of carbonyl (C=O) groups excluding carboxylic acids is 1. The van der Waals surface area contributed by atoms with Crippen molar-refractivity contribution in [1.82, 2.24) is 14.7 Å². The van der Waals surface area contributed by atoms with Crippen LogP contribution in [0.15, 0.2) is 36.7 Å². The Bertz CT molecular complexity index is 637. The van der Waals surface area contributed by atoms with E-state index in [0.717, 1.165) is 23.5 Å². The molecule has 0 atom stereocenters. The Labute approximate surface area is 131 Å². The zero-order chi connectivity index (χ0) is 16.1. The second-order valence-corrected chi connectivity index (χ2v) is 5.37. The number of carbonyl (C=O) groups is 1. The van der Waals surface area contributed by atoms with Crippen LogP contribution in [0.3, 0.4) is 0 Å². The van der Waals surface area contributed by atoms with Gasteiger partial charge < -0.3 is 15.1 Å². The third-order valence-electron chi connectivity index (χ3n) is 3.54. The molecule has 1 aromatic carbocycles. The van der Waals surface area contributed by atoms with E-state index in [-0.39, 0.29) is 6.03 Å². The van der Waals surface area contributed by atoms with Crippen molar-refractivity contribution >= 4 is 17.4 Å². The van der Waals surface area contributed by atoms with Crippen LogP contribution in [-0.2, 0) is 13.6 Å². The molecule has 0 unspecified atom stereocenters. The van der Waals surface area contributed by atoms with Crippen molar-refractivity contribution in [1.29, 1.82) is 0 Å². The Balaban J connectivity index is 1.99. The highest BCUT2D eigenvalue weighted by molar-refractivity contribution is 5.89. The fourth-order valence-electron chi connectivity index (χ4n) is 2.12. The standard InChI is InChI=1S/C16H23N5O/c1-5-19(2)15-8-6-7-14(9-15)18-16(22)20(3)11-13-10-17-21(4)12-13/h6-10,12H,5,11H2,1-4H3,(H,18,22). The molecule has 0 saturated heterocycles. The zero-order valence-electron chi connectivity index (χ0n) is 13.6. The lowest BCUT2D eigenvalue weighted by atomic mass is 10.2. The number of nitrogens with one attached hydrogen (secondary N) is 1. The van der Waals surface area contributed by atoms with Gasteiger partial charge in [0.1, 0.15) is 0 Å². The van der Waals surface area contributed by atoms with Gasteiger partial charge in [-0.25, -0.2) is 4.79 Å². The summed E-state index contributed by atoms with van der Waals surface area (Å²) in [7, 11) is 5.65. The third-order valence-corrected chi connectivity index (χ3v) is 3.54. The van der Waals surface area contributed by atoms with Crippen molar-refractivity contribution in [3.8, 4) is 0 Å². The van der Waals surface area contributed by atoms with Crippen LogP contribution in [0.25, 0.3) is 0 Å². The van der Waals surface area contributed by atoms with E-state index in [1.165, 1.54) is 0 Å². The Morgan fingerprint density at radius 1 is 1.36 bits per heavy atom. The predicted molar refractivity (Wildman–Crippen MR) is 89.1 cm³/mol. The summed E-state index contributed by atoms with van der Waals surface area (Å²) in [6.07, 6.45) is 3.67. The van der Waals surface area contributed by atoms with E-state index in [4.69, 9.17) is 0 Å². The molecular formula is C16H23N5O. The molecule has 2 rings (SSSR count). The maximum Gasteiger partial charge on any atom is 0.321 e. The third kappa shape index (κ3) is 4.00. The molecule has 0 aliphatic carbocycles. The summed E-state index contributed by atoms with van der Waals surface area (Å²) < 4.78 is 1.73. The minimum absolute atomic E-state index is 0.139. The maximum atomic E-state index is 12.2. The average Bonchev–Trinajstić information content (AvgIpc) is 2.91. The number of nitrogens with zero attached hydrogens (tertiary/aromatic N) is 4. The highest BCUT2D eigenvalue weighted by Crippen LogP contribution is 2.18. The molecule has 1 aromatic heterocycles. The Kier molecular flexibility index (Phi) is 5.04. The first-order chi connectivity index (χ1) is 10.5. The molecule has 0 aliphatic rings. The van der Waals surface area contributed by atoms with Crippen molar-refractivity contribution in [3.63, 3.8) is 0 Å². The predicted octanol–water partition coefficient (Wildman–Crippen LogP) is 2.54. The van der Waals surface area contributed by atoms with Crippen LogP contribution in [0.2, 0.25) is 0 Å². The molecule has 0 radical (unpaired) electrons. The van der Waals surface area contributed by atoms with Gasteiger partial charge in [0.05, 0.1) is 12.7 Å². The molecule has 6 nitrogen and oxygen atoms in total. The highest BCUT2D eigenvalue weighted by atomic mass is 16.2. The first-order valence-electron chi connectivity index (χ1n) is 7.30. The van der Waals surface area contributed by atoms with Gasteiger partial charge in [-0.1, -0.05) is 6.07 Å². The van der Waals surface area contributed by atoms with Crippen LogP contribution in [0.1, 0.15) is 12.5 Å². The summed E-state index contributed by atoms with van der Waals surface area (Å²) in [5, 5.41) is 7.03. The van der Waals surface area contributed by atoms with E-state index < -0.39 is 0 Å². The van der Waals surface area contributed by atoms with Crippen LogP contribution >= 0.6 is 0 Å². The molecule has 0 spiro atoms. The molecule has 22 heavy (non-hydrogen) atoms. The Hall–Kier alpha value is -2.50. The largest absolute Gasteiger partial charge is 0.375 e. The molecule has 0 fully saturated rings. The van der Waals surface area contributed by atoms with E-state index in [1.807, 2.05) is 44.6 Å². The summed E-state index contributed by atoms with van der Waals surface area (Å²) in [4.78, 5) is 16.0. The van der Waals surface area contributed by atoms with Gasteiger partial charge in [-0.3, -0.25) is 4.68 Å². The van der Waals surface area contributed by atoms with Gasteiger partial charge in [0.25, 0.3) is 0 Å². The van der Waals surface area contributed by atoms with Gasteiger partial charge in [0, 0.05) is 50.8 Å². The molecule has 2 amide bonds. The lowest BCUT2D eigenvalue weighted by molar-refractivity contribution is 0.220. The Morgan fingerprint density at radius 3 is 2.77 bits per heavy atom. The molecule has 118 valence electrons. The van der Waals surface area contributed by atoms with Gasteiger partial charge in [-0.2, -0.15) is 5.10 Å². The average molecular weight is 301 g/mol. The lowest BCUT2D eigenvalue weighted by Gasteiger charge is -2.20. The van der Waals surface area contributed by atoms with Crippen LogP contribution in [0.4, 0.5) is 16.2 Å². The fourth-order valence-corrected chi connectivity index (χ4v) is 2.12. The number of rotatable bonds is 5. The normalized spacial score (nSPS) is 10.4. The molecule has 1 N–H and O–H groups in total. The van der Waals surface area contributed by atoms with Crippen LogP contribution < -0.4 is 10.2 Å². The van der Waals surface area contributed by atoms with E-state index in [2.05, 4.69) is 22.2 Å². The molecule has 0 aliphatic heterocycles. The first-order valence-corrected chi connectivity index (χ1v) is 7.30. The number of aryl methyl sites for hydroxylation is 1. The van der Waals surface area contributed by atoms with Crippen molar-refractivity contribution in [2.75, 3.05) is 30.9 Å². The second-order valence-electron chi connectivity index (χ2n) is 5.37.